The standard InChI is InChI=1S/C14H14N2/c1-11(2)13-3-5-14(6-4-13)16-8-7-12(9-15)10-16/h3-8,10-11H,1-2H3. The first-order valence-electron chi connectivity index (χ1n) is 5.39. The van der Waals surface area contributed by atoms with Gasteiger partial charge in [-0.1, -0.05) is 26.0 Å². The van der Waals surface area contributed by atoms with Crippen LogP contribution in [0.15, 0.2) is 42.7 Å². The predicted octanol–water partition coefficient (Wildman–Crippen LogP) is 3.47. The number of aromatic nitrogens is 1. The Kier molecular flexibility index (Phi) is 2.78. The SMILES string of the molecule is CC(C)c1ccc(-n2ccc(C#N)c2)cc1. The molecule has 0 radical (unpaired) electrons. The van der Waals surface area contributed by atoms with Gasteiger partial charge < -0.3 is 4.57 Å². The van der Waals surface area contributed by atoms with Crippen molar-refractivity contribution < 1.29 is 0 Å². The molecule has 2 heteroatoms. The summed E-state index contributed by atoms with van der Waals surface area (Å²) in [4.78, 5) is 0. The van der Waals surface area contributed by atoms with E-state index in [-0.39, 0.29) is 0 Å². The Labute approximate surface area is 95.8 Å². The maximum absolute atomic E-state index is 8.75. The summed E-state index contributed by atoms with van der Waals surface area (Å²) < 4.78 is 1.96. The highest BCUT2D eigenvalue weighted by molar-refractivity contribution is 5.39. The lowest BCUT2D eigenvalue weighted by Crippen LogP contribution is -1.92. The van der Waals surface area contributed by atoms with E-state index in [0.29, 0.717) is 11.5 Å². The number of benzene rings is 1. The summed E-state index contributed by atoms with van der Waals surface area (Å²) in [7, 11) is 0. The summed E-state index contributed by atoms with van der Waals surface area (Å²) in [5, 5.41) is 8.75. The van der Waals surface area contributed by atoms with Crippen LogP contribution in [-0.4, -0.2) is 4.57 Å². The van der Waals surface area contributed by atoms with Crippen LogP contribution in [0.2, 0.25) is 0 Å². The number of nitrogens with zero attached hydrogens (tertiary/aromatic N) is 2. The fourth-order valence-corrected chi connectivity index (χ4v) is 1.65. The molecule has 16 heavy (non-hydrogen) atoms. The van der Waals surface area contributed by atoms with E-state index in [2.05, 4.69) is 44.2 Å². The smallest absolute Gasteiger partial charge is 0.101 e. The van der Waals surface area contributed by atoms with Crippen molar-refractivity contribution >= 4 is 0 Å². The van der Waals surface area contributed by atoms with Crippen LogP contribution in [0.25, 0.3) is 5.69 Å². The normalized spacial score (nSPS) is 10.4. The number of hydrogen-bond acceptors (Lipinski definition) is 1. The van der Waals surface area contributed by atoms with Gasteiger partial charge in [-0.2, -0.15) is 5.26 Å². The summed E-state index contributed by atoms with van der Waals surface area (Å²) in [6.07, 6.45) is 3.74. The monoisotopic (exact) mass is 210 g/mol. The molecular weight excluding hydrogens is 196 g/mol. The number of hydrogen-bond donors (Lipinski definition) is 0. The average molecular weight is 210 g/mol. The van der Waals surface area contributed by atoms with E-state index in [4.69, 9.17) is 5.26 Å². The summed E-state index contributed by atoms with van der Waals surface area (Å²) in [6, 6.07) is 12.4. The van der Waals surface area contributed by atoms with Gasteiger partial charge in [0.1, 0.15) is 6.07 Å². The van der Waals surface area contributed by atoms with Crippen LogP contribution in [0.1, 0.15) is 30.9 Å². The lowest BCUT2D eigenvalue weighted by Gasteiger charge is -2.07. The highest BCUT2D eigenvalue weighted by atomic mass is 14.9. The molecule has 0 atom stereocenters. The van der Waals surface area contributed by atoms with Crippen LogP contribution in [0.4, 0.5) is 0 Å². The van der Waals surface area contributed by atoms with Crippen molar-refractivity contribution in [2.24, 2.45) is 0 Å². The first-order chi connectivity index (χ1) is 7.70. The molecular formula is C14H14N2. The molecule has 0 aliphatic heterocycles. The van der Waals surface area contributed by atoms with Gasteiger partial charge in [-0.15, -0.1) is 0 Å². The molecule has 2 rings (SSSR count). The first kappa shape index (κ1) is 10.5. The second-order valence-electron chi connectivity index (χ2n) is 4.17. The van der Waals surface area contributed by atoms with Gasteiger partial charge in [-0.25, -0.2) is 0 Å². The number of rotatable bonds is 2. The Hall–Kier alpha value is -2.01. The Morgan fingerprint density at radius 3 is 2.31 bits per heavy atom. The van der Waals surface area contributed by atoms with Gasteiger partial charge >= 0.3 is 0 Å². The third kappa shape index (κ3) is 1.99. The Morgan fingerprint density at radius 1 is 1.12 bits per heavy atom. The summed E-state index contributed by atoms with van der Waals surface area (Å²) in [6.45, 7) is 4.36. The molecule has 0 N–H and O–H groups in total. The maximum Gasteiger partial charge on any atom is 0.101 e. The average Bonchev–Trinajstić information content (AvgIpc) is 2.77. The third-order valence-electron chi connectivity index (χ3n) is 2.68. The topological polar surface area (TPSA) is 28.7 Å². The highest BCUT2D eigenvalue weighted by Gasteiger charge is 2.01. The molecule has 1 aromatic heterocycles. The third-order valence-corrected chi connectivity index (χ3v) is 2.68. The minimum absolute atomic E-state index is 0.549. The summed E-state index contributed by atoms with van der Waals surface area (Å²) >= 11 is 0. The van der Waals surface area contributed by atoms with Gasteiger partial charge in [0, 0.05) is 18.1 Å². The van der Waals surface area contributed by atoms with E-state index in [1.54, 1.807) is 0 Å². The van der Waals surface area contributed by atoms with Crippen LogP contribution in [-0.2, 0) is 0 Å². The van der Waals surface area contributed by atoms with Gasteiger partial charge in [0.15, 0.2) is 0 Å². The van der Waals surface area contributed by atoms with Crippen molar-refractivity contribution in [1.29, 1.82) is 5.26 Å². The molecule has 0 bridgehead atoms. The van der Waals surface area contributed by atoms with E-state index in [9.17, 15) is 0 Å². The minimum Gasteiger partial charge on any atom is -0.323 e. The van der Waals surface area contributed by atoms with Crippen LogP contribution in [0, 0.1) is 11.3 Å². The predicted molar refractivity (Wildman–Crippen MR) is 64.6 cm³/mol. The van der Waals surface area contributed by atoms with Crippen LogP contribution in [0.3, 0.4) is 0 Å². The molecule has 1 heterocycles. The molecule has 0 amide bonds. The molecule has 80 valence electrons. The highest BCUT2D eigenvalue weighted by Crippen LogP contribution is 2.17. The largest absolute Gasteiger partial charge is 0.323 e. The van der Waals surface area contributed by atoms with Crippen LogP contribution < -0.4 is 0 Å². The summed E-state index contributed by atoms with van der Waals surface area (Å²) in [5.41, 5.74) is 3.11. The van der Waals surface area contributed by atoms with Crippen molar-refractivity contribution in [3.8, 4) is 11.8 Å². The van der Waals surface area contributed by atoms with Crippen molar-refractivity contribution in [2.75, 3.05) is 0 Å². The Bertz CT molecular complexity index is 512. The van der Waals surface area contributed by atoms with Crippen molar-refractivity contribution in [3.05, 3.63) is 53.9 Å². The zero-order valence-corrected chi connectivity index (χ0v) is 9.51. The molecule has 2 aromatic rings. The van der Waals surface area contributed by atoms with Gasteiger partial charge in [-0.05, 0) is 29.7 Å². The molecule has 0 aliphatic rings. The van der Waals surface area contributed by atoms with E-state index < -0.39 is 0 Å². The zero-order valence-electron chi connectivity index (χ0n) is 9.51. The van der Waals surface area contributed by atoms with Crippen molar-refractivity contribution in [1.82, 2.24) is 4.57 Å². The fraction of sp³-hybridized carbons (Fsp3) is 0.214. The zero-order chi connectivity index (χ0) is 11.5. The van der Waals surface area contributed by atoms with Gasteiger partial charge in [0.2, 0.25) is 0 Å². The van der Waals surface area contributed by atoms with Crippen molar-refractivity contribution in [2.45, 2.75) is 19.8 Å². The minimum atomic E-state index is 0.549. The molecule has 0 saturated heterocycles. The van der Waals surface area contributed by atoms with E-state index in [1.165, 1.54) is 5.56 Å². The van der Waals surface area contributed by atoms with Gasteiger partial charge in [0.25, 0.3) is 0 Å². The van der Waals surface area contributed by atoms with Gasteiger partial charge in [0.05, 0.1) is 5.56 Å². The molecule has 2 nitrogen and oxygen atoms in total. The van der Waals surface area contributed by atoms with E-state index >= 15 is 0 Å². The Balaban J connectivity index is 2.31. The number of nitriles is 1. The molecule has 0 unspecified atom stereocenters. The second-order valence-corrected chi connectivity index (χ2v) is 4.17. The lowest BCUT2D eigenvalue weighted by atomic mass is 10.0. The molecule has 0 aliphatic carbocycles. The molecule has 0 saturated carbocycles. The van der Waals surface area contributed by atoms with Crippen molar-refractivity contribution in [3.63, 3.8) is 0 Å². The van der Waals surface area contributed by atoms with Crippen LogP contribution >= 0.6 is 0 Å². The van der Waals surface area contributed by atoms with E-state index in [1.807, 2.05) is 23.0 Å². The first-order valence-corrected chi connectivity index (χ1v) is 5.39. The maximum atomic E-state index is 8.75. The van der Waals surface area contributed by atoms with Gasteiger partial charge in [-0.3, -0.25) is 0 Å². The van der Waals surface area contributed by atoms with Crippen LogP contribution in [0.5, 0.6) is 0 Å². The molecule has 0 fully saturated rings. The molecule has 1 aromatic carbocycles. The fourth-order valence-electron chi connectivity index (χ4n) is 1.65. The molecule has 0 spiro atoms. The summed E-state index contributed by atoms with van der Waals surface area (Å²) in [5.74, 6) is 0.549. The quantitative estimate of drug-likeness (QED) is 0.746. The lowest BCUT2D eigenvalue weighted by molar-refractivity contribution is 0.865. The Morgan fingerprint density at radius 2 is 1.81 bits per heavy atom. The second kappa shape index (κ2) is 4.24. The van der Waals surface area contributed by atoms with E-state index in [0.717, 1.165) is 5.69 Å².